The van der Waals surface area contributed by atoms with Crippen molar-refractivity contribution < 1.29 is 4.79 Å². The second kappa shape index (κ2) is 4.40. The van der Waals surface area contributed by atoms with Gasteiger partial charge in [-0.05, 0) is 31.0 Å². The van der Waals surface area contributed by atoms with E-state index in [0.29, 0.717) is 12.2 Å². The normalized spacial score (nSPS) is 10.3. The molecule has 13 heavy (non-hydrogen) atoms. The van der Waals surface area contributed by atoms with Gasteiger partial charge in [0.15, 0.2) is 0 Å². The van der Waals surface area contributed by atoms with Crippen molar-refractivity contribution in [2.75, 3.05) is 5.32 Å². The van der Waals surface area contributed by atoms with Crippen molar-refractivity contribution in [1.29, 1.82) is 0 Å². The minimum Gasteiger partial charge on any atom is -0.313 e. The maximum atomic E-state index is 10.2. The molecule has 0 bridgehead atoms. The SMILES string of the molecule is C/C=C\c1cc(NC=O)ncc1C. The first kappa shape index (κ1) is 9.45. The molecule has 0 radical (unpaired) electrons. The average molecular weight is 176 g/mol. The maximum Gasteiger partial charge on any atom is 0.212 e. The Morgan fingerprint density at radius 3 is 2.92 bits per heavy atom. The smallest absolute Gasteiger partial charge is 0.212 e. The highest BCUT2D eigenvalue weighted by atomic mass is 16.1. The third-order valence-corrected chi connectivity index (χ3v) is 1.70. The zero-order valence-electron chi connectivity index (χ0n) is 7.74. The minimum atomic E-state index is 0.578. The number of hydrogen-bond donors (Lipinski definition) is 1. The third-order valence-electron chi connectivity index (χ3n) is 1.70. The number of aryl methyl sites for hydroxylation is 1. The number of nitrogens with zero attached hydrogens (tertiary/aromatic N) is 1. The molecule has 1 N–H and O–H groups in total. The van der Waals surface area contributed by atoms with Crippen LogP contribution in [0.15, 0.2) is 18.3 Å². The van der Waals surface area contributed by atoms with E-state index in [-0.39, 0.29) is 0 Å². The van der Waals surface area contributed by atoms with Gasteiger partial charge in [-0.1, -0.05) is 12.2 Å². The molecular weight excluding hydrogens is 164 g/mol. The van der Waals surface area contributed by atoms with Gasteiger partial charge in [0.1, 0.15) is 5.82 Å². The molecule has 68 valence electrons. The molecule has 0 aliphatic heterocycles. The first-order chi connectivity index (χ1) is 6.27. The van der Waals surface area contributed by atoms with E-state index in [1.807, 2.05) is 32.1 Å². The Morgan fingerprint density at radius 2 is 2.31 bits per heavy atom. The van der Waals surface area contributed by atoms with Gasteiger partial charge >= 0.3 is 0 Å². The van der Waals surface area contributed by atoms with Crippen molar-refractivity contribution in [3.63, 3.8) is 0 Å². The summed E-state index contributed by atoms with van der Waals surface area (Å²) in [4.78, 5) is 14.2. The van der Waals surface area contributed by atoms with E-state index in [1.54, 1.807) is 6.20 Å². The van der Waals surface area contributed by atoms with Crippen LogP contribution in [0.3, 0.4) is 0 Å². The molecule has 1 rings (SSSR count). The van der Waals surface area contributed by atoms with Crippen molar-refractivity contribution in [3.05, 3.63) is 29.5 Å². The molecule has 1 heterocycles. The van der Waals surface area contributed by atoms with Gasteiger partial charge < -0.3 is 5.32 Å². The molecule has 0 aliphatic rings. The van der Waals surface area contributed by atoms with Crippen molar-refractivity contribution in [2.24, 2.45) is 0 Å². The summed E-state index contributed by atoms with van der Waals surface area (Å²) in [6, 6.07) is 1.84. The number of allylic oxidation sites excluding steroid dienone is 1. The van der Waals surface area contributed by atoms with Crippen LogP contribution in [0, 0.1) is 6.92 Å². The van der Waals surface area contributed by atoms with Gasteiger partial charge in [-0.2, -0.15) is 0 Å². The maximum absolute atomic E-state index is 10.2. The number of carbonyl (C=O) groups excluding carboxylic acids is 1. The van der Waals surface area contributed by atoms with Crippen molar-refractivity contribution in [2.45, 2.75) is 13.8 Å². The summed E-state index contributed by atoms with van der Waals surface area (Å²) < 4.78 is 0. The van der Waals surface area contributed by atoms with Crippen LogP contribution < -0.4 is 5.32 Å². The van der Waals surface area contributed by atoms with Gasteiger partial charge in [-0.3, -0.25) is 4.79 Å². The fourth-order valence-electron chi connectivity index (χ4n) is 1.04. The van der Waals surface area contributed by atoms with Gasteiger partial charge in [0.25, 0.3) is 0 Å². The van der Waals surface area contributed by atoms with Crippen LogP contribution in [-0.2, 0) is 4.79 Å². The molecule has 0 unspecified atom stereocenters. The van der Waals surface area contributed by atoms with Crippen LogP contribution in [0.1, 0.15) is 18.1 Å². The largest absolute Gasteiger partial charge is 0.313 e. The standard InChI is InChI=1S/C10H12N2O/c1-3-4-9-5-10(12-7-13)11-6-8(9)2/h3-7H,1-2H3,(H,11,12,13)/b4-3-. The summed E-state index contributed by atoms with van der Waals surface area (Å²) in [5.74, 6) is 0.578. The summed E-state index contributed by atoms with van der Waals surface area (Å²) in [6.07, 6.45) is 6.29. The highest BCUT2D eigenvalue weighted by Gasteiger charge is 1.97. The second-order valence-corrected chi connectivity index (χ2v) is 2.69. The number of nitrogens with one attached hydrogen (secondary N) is 1. The van der Waals surface area contributed by atoms with E-state index < -0.39 is 0 Å². The van der Waals surface area contributed by atoms with Crippen molar-refractivity contribution in [1.82, 2.24) is 4.98 Å². The number of pyridine rings is 1. The van der Waals surface area contributed by atoms with Gasteiger partial charge in [0, 0.05) is 6.20 Å². The number of amides is 1. The predicted octanol–water partition coefficient (Wildman–Crippen LogP) is 1.99. The predicted molar refractivity (Wildman–Crippen MR) is 53.4 cm³/mol. The Labute approximate surface area is 77.5 Å². The van der Waals surface area contributed by atoms with Crippen molar-refractivity contribution in [3.8, 4) is 0 Å². The Balaban J connectivity index is 3.03. The summed E-state index contributed by atoms with van der Waals surface area (Å²) >= 11 is 0. The van der Waals surface area contributed by atoms with Gasteiger partial charge in [-0.25, -0.2) is 4.98 Å². The van der Waals surface area contributed by atoms with Crippen LogP contribution in [0.4, 0.5) is 5.82 Å². The monoisotopic (exact) mass is 176 g/mol. The topological polar surface area (TPSA) is 42.0 Å². The molecule has 1 aromatic heterocycles. The summed E-state index contributed by atoms with van der Waals surface area (Å²) in [5.41, 5.74) is 2.16. The van der Waals surface area contributed by atoms with Crippen LogP contribution in [0.5, 0.6) is 0 Å². The Hall–Kier alpha value is -1.64. The first-order valence-electron chi connectivity index (χ1n) is 4.07. The lowest BCUT2D eigenvalue weighted by Gasteiger charge is -2.02. The van der Waals surface area contributed by atoms with Crippen LogP contribution in [-0.4, -0.2) is 11.4 Å². The number of hydrogen-bond acceptors (Lipinski definition) is 2. The van der Waals surface area contributed by atoms with E-state index in [1.165, 1.54) is 0 Å². The molecule has 1 aromatic rings. The lowest BCUT2D eigenvalue weighted by atomic mass is 10.1. The molecule has 3 nitrogen and oxygen atoms in total. The quantitative estimate of drug-likeness (QED) is 0.715. The number of rotatable bonds is 3. The minimum absolute atomic E-state index is 0.578. The summed E-state index contributed by atoms with van der Waals surface area (Å²) in [6.45, 7) is 3.93. The number of anilines is 1. The summed E-state index contributed by atoms with van der Waals surface area (Å²) in [7, 11) is 0. The lowest BCUT2D eigenvalue weighted by Crippen LogP contribution is -1.97. The molecule has 1 amide bonds. The Morgan fingerprint density at radius 1 is 1.54 bits per heavy atom. The van der Waals surface area contributed by atoms with Crippen LogP contribution >= 0.6 is 0 Å². The molecule has 0 saturated carbocycles. The zero-order chi connectivity index (χ0) is 9.68. The Kier molecular flexibility index (Phi) is 3.20. The highest BCUT2D eigenvalue weighted by Crippen LogP contribution is 2.12. The van der Waals surface area contributed by atoms with Crippen LogP contribution in [0.25, 0.3) is 6.08 Å². The number of aromatic nitrogens is 1. The molecule has 0 saturated heterocycles. The van der Waals surface area contributed by atoms with E-state index in [0.717, 1.165) is 11.1 Å². The fraction of sp³-hybridized carbons (Fsp3) is 0.200. The van der Waals surface area contributed by atoms with E-state index in [9.17, 15) is 4.79 Å². The fourth-order valence-corrected chi connectivity index (χ4v) is 1.04. The molecule has 0 atom stereocenters. The first-order valence-corrected chi connectivity index (χ1v) is 4.07. The van der Waals surface area contributed by atoms with Gasteiger partial charge in [-0.15, -0.1) is 0 Å². The third kappa shape index (κ3) is 2.40. The number of carbonyl (C=O) groups is 1. The van der Waals surface area contributed by atoms with E-state index >= 15 is 0 Å². The van der Waals surface area contributed by atoms with Crippen molar-refractivity contribution >= 4 is 18.3 Å². The Bertz CT molecular complexity index is 332. The second-order valence-electron chi connectivity index (χ2n) is 2.69. The zero-order valence-corrected chi connectivity index (χ0v) is 7.74. The van der Waals surface area contributed by atoms with E-state index in [2.05, 4.69) is 10.3 Å². The van der Waals surface area contributed by atoms with E-state index in [4.69, 9.17) is 0 Å². The molecular formula is C10H12N2O. The van der Waals surface area contributed by atoms with Gasteiger partial charge in [0.2, 0.25) is 6.41 Å². The molecule has 0 spiro atoms. The lowest BCUT2D eigenvalue weighted by molar-refractivity contribution is -0.105. The molecule has 0 fully saturated rings. The average Bonchev–Trinajstić information content (AvgIpc) is 2.12. The molecule has 3 heteroatoms. The highest BCUT2D eigenvalue weighted by molar-refractivity contribution is 5.70. The summed E-state index contributed by atoms with van der Waals surface area (Å²) in [5, 5.41) is 2.51. The van der Waals surface area contributed by atoms with Crippen LogP contribution in [0.2, 0.25) is 0 Å². The van der Waals surface area contributed by atoms with Gasteiger partial charge in [0.05, 0.1) is 0 Å². The molecule has 0 aliphatic carbocycles. The molecule has 0 aromatic carbocycles.